The van der Waals surface area contributed by atoms with Crippen LogP contribution in [0.25, 0.3) is 5.57 Å². The molecule has 0 spiro atoms. The second-order valence-electron chi connectivity index (χ2n) is 7.03. The Bertz CT molecular complexity index is 476. The molecule has 0 unspecified atom stereocenters. The van der Waals surface area contributed by atoms with Gasteiger partial charge in [0.15, 0.2) is 8.32 Å². The molecule has 0 N–H and O–H groups in total. The molecule has 0 aromatic heterocycles. The highest BCUT2D eigenvalue weighted by atomic mass is 28.4. The monoisotopic (exact) mass is 346 g/mol. The van der Waals surface area contributed by atoms with Crippen LogP contribution in [-0.4, -0.2) is 13.9 Å². The van der Waals surface area contributed by atoms with Crippen LogP contribution in [0.15, 0.2) is 36.4 Å². The average Bonchev–Trinajstić information content (AvgIpc) is 2.65. The van der Waals surface area contributed by atoms with E-state index >= 15 is 0 Å². The summed E-state index contributed by atoms with van der Waals surface area (Å²) in [7, 11) is -1.56. The quantitative estimate of drug-likeness (QED) is 0.378. The molecule has 1 aromatic carbocycles. The molecule has 1 aromatic rings. The van der Waals surface area contributed by atoms with Crippen LogP contribution in [0.3, 0.4) is 0 Å². The molecule has 136 valence electrons. The lowest BCUT2D eigenvalue weighted by Gasteiger charge is -2.42. The van der Waals surface area contributed by atoms with E-state index in [1.165, 1.54) is 29.3 Å². The fourth-order valence-electron chi connectivity index (χ4n) is 3.60. The largest absolute Gasteiger partial charge is 0.411 e. The van der Waals surface area contributed by atoms with E-state index in [1.54, 1.807) is 0 Å². The Balaban J connectivity index is 2.82. The summed E-state index contributed by atoms with van der Waals surface area (Å²) in [5.41, 5.74) is 2.78. The van der Waals surface area contributed by atoms with Gasteiger partial charge in [0.25, 0.3) is 0 Å². The zero-order chi connectivity index (χ0) is 18.1. The van der Waals surface area contributed by atoms with Gasteiger partial charge in [-0.15, -0.1) is 0 Å². The number of hydrogen-bond donors (Lipinski definition) is 0. The molecule has 1 rings (SSSR count). The first-order chi connectivity index (χ1) is 11.5. The van der Waals surface area contributed by atoms with Crippen molar-refractivity contribution in [2.24, 2.45) is 0 Å². The number of allylic oxidation sites excluding steroid dienone is 2. The summed E-state index contributed by atoms with van der Waals surface area (Å²) in [6.07, 6.45) is 6.88. The summed E-state index contributed by atoms with van der Waals surface area (Å²) < 4.78 is 6.97. The molecule has 0 saturated carbocycles. The highest BCUT2D eigenvalue weighted by Gasteiger charge is 2.38. The first-order valence-electron chi connectivity index (χ1n) is 9.92. The topological polar surface area (TPSA) is 9.23 Å². The van der Waals surface area contributed by atoms with Gasteiger partial charge in [0.2, 0.25) is 0 Å². The number of benzene rings is 1. The van der Waals surface area contributed by atoms with Crippen molar-refractivity contribution < 1.29 is 4.43 Å². The van der Waals surface area contributed by atoms with Gasteiger partial charge >= 0.3 is 0 Å². The lowest BCUT2D eigenvalue weighted by atomic mass is 9.91. The Labute approximate surface area is 151 Å². The van der Waals surface area contributed by atoms with E-state index in [1.807, 2.05) is 0 Å². The Morgan fingerprint density at radius 1 is 0.958 bits per heavy atom. The molecule has 0 saturated heterocycles. The van der Waals surface area contributed by atoms with E-state index in [0.29, 0.717) is 0 Å². The van der Waals surface area contributed by atoms with Crippen molar-refractivity contribution in [1.82, 2.24) is 0 Å². The summed E-state index contributed by atoms with van der Waals surface area (Å²) in [5, 5.41) is 0. The van der Waals surface area contributed by atoms with Crippen molar-refractivity contribution in [3.8, 4) is 0 Å². The fourth-order valence-corrected chi connectivity index (χ4v) is 6.84. The molecule has 0 bridgehead atoms. The summed E-state index contributed by atoms with van der Waals surface area (Å²) in [6, 6.07) is 14.4. The van der Waals surface area contributed by atoms with Crippen molar-refractivity contribution in [2.45, 2.75) is 91.0 Å². The lowest BCUT2D eigenvalue weighted by molar-refractivity contribution is 0.0397. The maximum atomic E-state index is 6.97. The van der Waals surface area contributed by atoms with Gasteiger partial charge in [-0.2, -0.15) is 0 Å². The first-order valence-corrected chi connectivity index (χ1v) is 12.5. The van der Waals surface area contributed by atoms with E-state index in [4.69, 9.17) is 4.43 Å². The van der Waals surface area contributed by atoms with Gasteiger partial charge in [0.05, 0.1) is 5.60 Å². The van der Waals surface area contributed by atoms with Crippen LogP contribution in [0.4, 0.5) is 0 Å². The normalized spacial score (nSPS) is 13.3. The third-order valence-electron chi connectivity index (χ3n) is 5.93. The Morgan fingerprint density at radius 2 is 1.50 bits per heavy atom. The van der Waals surface area contributed by atoms with E-state index in [-0.39, 0.29) is 5.60 Å². The number of rotatable bonds is 11. The van der Waals surface area contributed by atoms with E-state index < -0.39 is 8.32 Å². The van der Waals surface area contributed by atoms with Gasteiger partial charge in [-0.05, 0) is 61.9 Å². The molecular weight excluding hydrogens is 308 g/mol. The molecule has 0 fully saturated rings. The molecular formula is C22H38OSi. The Morgan fingerprint density at radius 3 is 1.96 bits per heavy atom. The van der Waals surface area contributed by atoms with Crippen molar-refractivity contribution in [3.63, 3.8) is 0 Å². The van der Waals surface area contributed by atoms with Crippen LogP contribution in [0.2, 0.25) is 18.1 Å². The van der Waals surface area contributed by atoms with Gasteiger partial charge < -0.3 is 4.43 Å². The van der Waals surface area contributed by atoms with Crippen LogP contribution in [0.5, 0.6) is 0 Å². The minimum atomic E-state index is -1.56. The van der Waals surface area contributed by atoms with Crippen molar-refractivity contribution in [1.29, 1.82) is 0 Å². The van der Waals surface area contributed by atoms with Crippen molar-refractivity contribution >= 4 is 13.9 Å². The van der Waals surface area contributed by atoms with Gasteiger partial charge in [0, 0.05) is 0 Å². The predicted octanol–water partition coefficient (Wildman–Crippen LogP) is 7.45. The maximum Gasteiger partial charge on any atom is 0.192 e. The van der Waals surface area contributed by atoms with E-state index in [2.05, 4.69) is 78.0 Å². The molecule has 2 heteroatoms. The summed E-state index contributed by atoms with van der Waals surface area (Å²) in [6.45, 7) is 13.8. The van der Waals surface area contributed by atoms with Crippen molar-refractivity contribution in [2.75, 3.05) is 0 Å². The molecule has 0 heterocycles. The zero-order valence-corrected chi connectivity index (χ0v) is 17.8. The SMILES string of the molecule is CCC(CC)(CCC=C(C)c1ccccc1)O[Si](CC)(CC)CC. The maximum absolute atomic E-state index is 6.97. The second-order valence-corrected chi connectivity index (χ2v) is 11.7. The standard InChI is InChI=1S/C22H38OSi/c1-7-22(8-2,23-24(9-3,10-4)11-5)19-15-16-20(6)21-17-13-12-14-18-21/h12-14,16-18H,7-11,15,19H2,1-6H3. The van der Waals surface area contributed by atoms with Crippen LogP contribution < -0.4 is 0 Å². The summed E-state index contributed by atoms with van der Waals surface area (Å²) in [5.74, 6) is 0. The van der Waals surface area contributed by atoms with Crippen LogP contribution in [0, 0.1) is 0 Å². The molecule has 24 heavy (non-hydrogen) atoms. The summed E-state index contributed by atoms with van der Waals surface area (Å²) >= 11 is 0. The smallest absolute Gasteiger partial charge is 0.192 e. The average molecular weight is 347 g/mol. The predicted molar refractivity (Wildman–Crippen MR) is 111 cm³/mol. The minimum absolute atomic E-state index is 0.0712. The fraction of sp³-hybridized carbons (Fsp3) is 0.636. The highest BCUT2D eigenvalue weighted by Crippen LogP contribution is 2.35. The highest BCUT2D eigenvalue weighted by molar-refractivity contribution is 6.73. The third kappa shape index (κ3) is 5.60. The van der Waals surface area contributed by atoms with E-state index in [9.17, 15) is 0 Å². The van der Waals surface area contributed by atoms with Crippen LogP contribution in [-0.2, 0) is 4.43 Å². The van der Waals surface area contributed by atoms with Gasteiger partial charge in [-0.3, -0.25) is 0 Å². The molecule has 0 atom stereocenters. The van der Waals surface area contributed by atoms with Crippen LogP contribution in [0.1, 0.15) is 72.8 Å². The molecule has 0 aliphatic rings. The molecule has 0 amide bonds. The van der Waals surface area contributed by atoms with Gasteiger partial charge in [-0.25, -0.2) is 0 Å². The van der Waals surface area contributed by atoms with Gasteiger partial charge in [0.1, 0.15) is 0 Å². The Kier molecular flexibility index (Phi) is 9.00. The van der Waals surface area contributed by atoms with Crippen LogP contribution >= 0.6 is 0 Å². The van der Waals surface area contributed by atoms with E-state index in [0.717, 1.165) is 25.7 Å². The lowest BCUT2D eigenvalue weighted by Crippen LogP contribution is -2.46. The van der Waals surface area contributed by atoms with Gasteiger partial charge in [-0.1, -0.05) is 71.0 Å². The number of hydrogen-bond acceptors (Lipinski definition) is 1. The first kappa shape index (κ1) is 21.2. The van der Waals surface area contributed by atoms with Crippen molar-refractivity contribution in [3.05, 3.63) is 42.0 Å². The third-order valence-corrected chi connectivity index (χ3v) is 10.7. The zero-order valence-electron chi connectivity index (χ0n) is 16.8. The molecule has 0 radical (unpaired) electrons. The second kappa shape index (κ2) is 10.2. The molecule has 0 aliphatic carbocycles. The Hall–Kier alpha value is -0.863. The minimum Gasteiger partial charge on any atom is -0.411 e. The molecule has 0 aliphatic heterocycles. The summed E-state index contributed by atoms with van der Waals surface area (Å²) in [4.78, 5) is 0. The molecule has 1 nitrogen and oxygen atoms in total.